The van der Waals surface area contributed by atoms with E-state index in [-0.39, 0.29) is 19.1 Å². The van der Waals surface area contributed by atoms with Crippen LogP contribution in [-0.2, 0) is 16.2 Å². The van der Waals surface area contributed by atoms with Crippen molar-refractivity contribution in [2.24, 2.45) is 0 Å². The van der Waals surface area contributed by atoms with Crippen LogP contribution in [0.2, 0.25) is 0 Å². The number of aliphatic hydroxyl groups is 1. The van der Waals surface area contributed by atoms with Crippen molar-refractivity contribution < 1.29 is 31.1 Å². The van der Waals surface area contributed by atoms with Crippen LogP contribution in [0, 0.1) is 5.82 Å². The van der Waals surface area contributed by atoms with E-state index in [1.54, 1.807) is 0 Å². The fourth-order valence-corrected chi connectivity index (χ4v) is 3.05. The van der Waals surface area contributed by atoms with E-state index >= 15 is 0 Å². The Hall–Kier alpha value is -1.19. The second-order valence-corrected chi connectivity index (χ2v) is 6.21. The maximum absolute atomic E-state index is 13.5. The van der Waals surface area contributed by atoms with E-state index in [0.29, 0.717) is 18.6 Å². The summed E-state index contributed by atoms with van der Waals surface area (Å²) in [5, 5.41) is 8.64. The zero-order valence-corrected chi connectivity index (χ0v) is 11.9. The SMILES string of the molecule is C[C@H](CCCO)NS(=O)(=O)c1cc(C(F)(F)F)ccc1F. The van der Waals surface area contributed by atoms with Crippen LogP contribution in [0.5, 0.6) is 0 Å². The van der Waals surface area contributed by atoms with E-state index in [9.17, 15) is 26.0 Å². The molecular formula is C12H15F4NO3S. The van der Waals surface area contributed by atoms with Crippen LogP contribution >= 0.6 is 0 Å². The Labute approximate surface area is 119 Å². The number of sulfonamides is 1. The Kier molecular flexibility index (Phi) is 5.71. The number of rotatable bonds is 6. The monoisotopic (exact) mass is 329 g/mol. The number of hydrogen-bond acceptors (Lipinski definition) is 3. The Bertz CT molecular complexity index is 587. The van der Waals surface area contributed by atoms with Crippen LogP contribution in [0.3, 0.4) is 0 Å². The average Bonchev–Trinajstić information content (AvgIpc) is 2.34. The lowest BCUT2D eigenvalue weighted by molar-refractivity contribution is -0.137. The van der Waals surface area contributed by atoms with Gasteiger partial charge >= 0.3 is 6.18 Å². The summed E-state index contributed by atoms with van der Waals surface area (Å²) in [6.07, 6.45) is -4.18. The summed E-state index contributed by atoms with van der Waals surface area (Å²) in [6, 6.07) is 0.562. The molecule has 0 unspecified atom stereocenters. The zero-order valence-electron chi connectivity index (χ0n) is 11.1. The maximum Gasteiger partial charge on any atom is 0.416 e. The van der Waals surface area contributed by atoms with Crippen LogP contribution in [0.4, 0.5) is 17.6 Å². The molecule has 0 aliphatic rings. The molecular weight excluding hydrogens is 314 g/mol. The largest absolute Gasteiger partial charge is 0.416 e. The molecule has 120 valence electrons. The third kappa shape index (κ3) is 4.94. The van der Waals surface area contributed by atoms with Gasteiger partial charge in [-0.2, -0.15) is 13.2 Å². The van der Waals surface area contributed by atoms with Gasteiger partial charge in [0, 0.05) is 12.6 Å². The minimum absolute atomic E-state index is 0.149. The summed E-state index contributed by atoms with van der Waals surface area (Å²) < 4.78 is 77.1. The quantitative estimate of drug-likeness (QED) is 0.787. The fraction of sp³-hybridized carbons (Fsp3) is 0.500. The Balaban J connectivity index is 3.08. The minimum Gasteiger partial charge on any atom is -0.396 e. The highest BCUT2D eigenvalue weighted by Crippen LogP contribution is 2.31. The molecule has 0 radical (unpaired) electrons. The van der Waals surface area contributed by atoms with E-state index in [2.05, 4.69) is 4.72 Å². The number of aliphatic hydroxyl groups excluding tert-OH is 1. The van der Waals surface area contributed by atoms with Crippen LogP contribution in [0.15, 0.2) is 23.1 Å². The second-order valence-electron chi connectivity index (χ2n) is 4.53. The molecule has 4 nitrogen and oxygen atoms in total. The van der Waals surface area contributed by atoms with Crippen molar-refractivity contribution in [2.75, 3.05) is 6.61 Å². The van der Waals surface area contributed by atoms with E-state index in [1.807, 2.05) is 0 Å². The van der Waals surface area contributed by atoms with Crippen LogP contribution < -0.4 is 4.72 Å². The van der Waals surface area contributed by atoms with Gasteiger partial charge in [0.15, 0.2) is 0 Å². The number of nitrogens with one attached hydrogen (secondary N) is 1. The fourth-order valence-electron chi connectivity index (χ4n) is 1.67. The highest BCUT2D eigenvalue weighted by molar-refractivity contribution is 7.89. The predicted molar refractivity (Wildman–Crippen MR) is 67.5 cm³/mol. The van der Waals surface area contributed by atoms with Gasteiger partial charge in [0.2, 0.25) is 10.0 Å². The zero-order chi connectivity index (χ0) is 16.3. The van der Waals surface area contributed by atoms with Gasteiger partial charge in [-0.05, 0) is 38.0 Å². The van der Waals surface area contributed by atoms with Gasteiger partial charge in [-0.15, -0.1) is 0 Å². The Morgan fingerprint density at radius 3 is 2.48 bits per heavy atom. The molecule has 1 aromatic rings. The number of alkyl halides is 3. The lowest BCUT2D eigenvalue weighted by Crippen LogP contribution is -2.33. The van der Waals surface area contributed by atoms with E-state index in [4.69, 9.17) is 5.11 Å². The van der Waals surface area contributed by atoms with Crippen molar-refractivity contribution in [1.82, 2.24) is 4.72 Å². The molecule has 0 bridgehead atoms. The van der Waals surface area contributed by atoms with Crippen molar-refractivity contribution >= 4 is 10.0 Å². The molecule has 0 spiro atoms. The molecule has 1 aromatic carbocycles. The smallest absolute Gasteiger partial charge is 0.396 e. The van der Waals surface area contributed by atoms with Crippen LogP contribution in [0.25, 0.3) is 0 Å². The first kappa shape index (κ1) is 17.9. The normalized spacial score (nSPS) is 14.2. The molecule has 1 rings (SSSR count). The van der Waals surface area contributed by atoms with Gasteiger partial charge in [0.25, 0.3) is 0 Å². The first-order chi connectivity index (χ1) is 9.58. The molecule has 0 aromatic heterocycles. The van der Waals surface area contributed by atoms with Crippen molar-refractivity contribution in [3.05, 3.63) is 29.6 Å². The summed E-state index contributed by atoms with van der Waals surface area (Å²) in [7, 11) is -4.41. The Morgan fingerprint density at radius 1 is 1.33 bits per heavy atom. The van der Waals surface area contributed by atoms with Crippen LogP contribution in [-0.4, -0.2) is 26.2 Å². The summed E-state index contributed by atoms with van der Waals surface area (Å²) in [4.78, 5) is -1.05. The van der Waals surface area contributed by atoms with Gasteiger partial charge in [-0.25, -0.2) is 17.5 Å². The summed E-state index contributed by atoms with van der Waals surface area (Å²) in [5.74, 6) is -1.26. The van der Waals surface area contributed by atoms with Crippen molar-refractivity contribution in [3.8, 4) is 0 Å². The molecule has 21 heavy (non-hydrogen) atoms. The van der Waals surface area contributed by atoms with Crippen molar-refractivity contribution in [2.45, 2.75) is 36.9 Å². The van der Waals surface area contributed by atoms with Gasteiger partial charge in [0.1, 0.15) is 10.7 Å². The molecule has 1 atom stereocenters. The molecule has 0 heterocycles. The number of hydrogen-bond donors (Lipinski definition) is 2. The molecule has 0 aliphatic heterocycles. The Morgan fingerprint density at radius 2 is 1.95 bits per heavy atom. The minimum atomic E-state index is -4.76. The van der Waals surface area contributed by atoms with E-state index in [0.717, 1.165) is 0 Å². The van der Waals surface area contributed by atoms with Crippen LogP contribution in [0.1, 0.15) is 25.3 Å². The molecule has 0 fully saturated rings. The first-order valence-electron chi connectivity index (χ1n) is 6.08. The van der Waals surface area contributed by atoms with E-state index < -0.39 is 38.5 Å². The second kappa shape index (κ2) is 6.71. The average molecular weight is 329 g/mol. The van der Waals surface area contributed by atoms with Gasteiger partial charge in [-0.3, -0.25) is 0 Å². The lowest BCUT2D eigenvalue weighted by Gasteiger charge is -2.15. The first-order valence-corrected chi connectivity index (χ1v) is 7.56. The molecule has 2 N–H and O–H groups in total. The predicted octanol–water partition coefficient (Wildman–Crippen LogP) is 2.28. The third-order valence-corrected chi connectivity index (χ3v) is 4.30. The maximum atomic E-state index is 13.5. The summed E-state index contributed by atoms with van der Waals surface area (Å²) in [5.41, 5.74) is -1.24. The van der Waals surface area contributed by atoms with E-state index in [1.165, 1.54) is 6.92 Å². The molecule has 9 heteroatoms. The van der Waals surface area contributed by atoms with Crippen molar-refractivity contribution in [1.29, 1.82) is 0 Å². The summed E-state index contributed by atoms with van der Waals surface area (Å²) >= 11 is 0. The number of benzene rings is 1. The molecule has 0 saturated carbocycles. The highest BCUT2D eigenvalue weighted by atomic mass is 32.2. The number of halogens is 4. The molecule has 0 amide bonds. The summed E-state index contributed by atoms with van der Waals surface area (Å²) in [6.45, 7) is 1.32. The lowest BCUT2D eigenvalue weighted by atomic mass is 10.2. The van der Waals surface area contributed by atoms with Gasteiger partial charge in [-0.1, -0.05) is 0 Å². The molecule has 0 saturated heterocycles. The van der Waals surface area contributed by atoms with Gasteiger partial charge < -0.3 is 5.11 Å². The standard InChI is InChI=1S/C12H15F4NO3S/c1-8(3-2-6-18)17-21(19,20)11-7-9(12(14,15)16)4-5-10(11)13/h4-5,7-8,17-18H,2-3,6H2,1H3/t8-/m1/s1. The van der Waals surface area contributed by atoms with Gasteiger partial charge in [0.05, 0.1) is 5.56 Å². The topological polar surface area (TPSA) is 66.4 Å². The molecule has 0 aliphatic carbocycles. The third-order valence-electron chi connectivity index (χ3n) is 2.70. The highest BCUT2D eigenvalue weighted by Gasteiger charge is 2.33. The van der Waals surface area contributed by atoms with Crippen molar-refractivity contribution in [3.63, 3.8) is 0 Å².